The number of hydrogen-bond acceptors (Lipinski definition) is 4. The Hall–Kier alpha value is -1.07. The van der Waals surface area contributed by atoms with Crippen molar-refractivity contribution in [3.05, 3.63) is 23.8 Å². The topological polar surface area (TPSA) is 47.6 Å². The summed E-state index contributed by atoms with van der Waals surface area (Å²) in [6.45, 7) is 2.85. The monoisotopic (exact) mass is 269 g/mol. The lowest BCUT2D eigenvalue weighted by Gasteiger charge is -2.21. The molecule has 0 amide bonds. The van der Waals surface area contributed by atoms with Gasteiger partial charge in [0.25, 0.3) is 0 Å². The third-order valence-corrected chi connectivity index (χ3v) is 3.61. The highest BCUT2D eigenvalue weighted by molar-refractivity contribution is 7.84. The Bertz CT molecular complexity index is 423. The fourth-order valence-corrected chi connectivity index (χ4v) is 2.45. The molecule has 0 fully saturated rings. The second-order valence-electron chi connectivity index (χ2n) is 4.25. The fraction of sp³-hybridized carbons (Fsp3) is 0.538. The number of rotatable bonds is 6. The van der Waals surface area contributed by atoms with Crippen LogP contribution in [-0.2, 0) is 17.3 Å². The van der Waals surface area contributed by atoms with E-state index in [1.807, 2.05) is 18.2 Å². The first-order chi connectivity index (χ1) is 8.77. The molecule has 1 N–H and O–H groups in total. The fourth-order valence-electron chi connectivity index (χ4n) is 1.90. The summed E-state index contributed by atoms with van der Waals surface area (Å²) in [6, 6.07) is 5.95. The van der Waals surface area contributed by atoms with E-state index in [1.165, 1.54) is 0 Å². The zero-order valence-electron chi connectivity index (χ0n) is 10.6. The van der Waals surface area contributed by atoms with E-state index in [9.17, 15) is 4.21 Å². The van der Waals surface area contributed by atoms with Crippen molar-refractivity contribution in [3.63, 3.8) is 0 Å². The van der Waals surface area contributed by atoms with Gasteiger partial charge in [-0.1, -0.05) is 12.1 Å². The van der Waals surface area contributed by atoms with Gasteiger partial charge < -0.3 is 14.8 Å². The summed E-state index contributed by atoms with van der Waals surface area (Å²) in [6.07, 6.45) is 2.66. The van der Waals surface area contributed by atoms with Gasteiger partial charge in [-0.05, 0) is 19.0 Å². The predicted molar refractivity (Wildman–Crippen MR) is 72.7 cm³/mol. The molecule has 0 aromatic heterocycles. The van der Waals surface area contributed by atoms with E-state index in [4.69, 9.17) is 9.47 Å². The van der Waals surface area contributed by atoms with Gasteiger partial charge in [-0.25, -0.2) is 0 Å². The summed E-state index contributed by atoms with van der Waals surface area (Å²) in [7, 11) is -0.700. The Kier molecular flexibility index (Phi) is 5.01. The highest BCUT2D eigenvalue weighted by atomic mass is 32.2. The van der Waals surface area contributed by atoms with Crippen molar-refractivity contribution >= 4 is 10.8 Å². The summed E-state index contributed by atoms with van der Waals surface area (Å²) in [5, 5.41) is 3.34. The Labute approximate surface area is 110 Å². The van der Waals surface area contributed by atoms with Crippen LogP contribution in [0.25, 0.3) is 0 Å². The summed E-state index contributed by atoms with van der Waals surface area (Å²) in [4.78, 5) is 0. The molecule has 0 bridgehead atoms. The van der Waals surface area contributed by atoms with Crippen molar-refractivity contribution in [2.45, 2.75) is 13.0 Å². The maximum absolute atomic E-state index is 10.9. The van der Waals surface area contributed by atoms with E-state index in [1.54, 1.807) is 6.26 Å². The summed E-state index contributed by atoms with van der Waals surface area (Å²) in [5.74, 6) is 2.44. The first-order valence-electron chi connectivity index (χ1n) is 6.15. The second kappa shape index (κ2) is 6.75. The molecule has 1 unspecified atom stereocenters. The normalized spacial score (nSPS) is 15.4. The average Bonchev–Trinajstić information content (AvgIpc) is 2.38. The van der Waals surface area contributed by atoms with Gasteiger partial charge in [0.2, 0.25) is 0 Å². The van der Waals surface area contributed by atoms with Crippen LogP contribution < -0.4 is 14.8 Å². The molecule has 0 radical (unpaired) electrons. The Morgan fingerprint density at radius 3 is 3.00 bits per heavy atom. The van der Waals surface area contributed by atoms with Gasteiger partial charge in [0, 0.05) is 34.9 Å². The second-order valence-corrected chi connectivity index (χ2v) is 5.80. The highest BCUT2D eigenvalue weighted by Crippen LogP contribution is 2.33. The number of nitrogens with one attached hydrogen (secondary N) is 1. The summed E-state index contributed by atoms with van der Waals surface area (Å²) >= 11 is 0. The van der Waals surface area contributed by atoms with Crippen LogP contribution in [0.3, 0.4) is 0 Å². The minimum atomic E-state index is -0.700. The predicted octanol–water partition coefficient (Wildman–Crippen LogP) is 1.32. The first-order valence-corrected chi connectivity index (χ1v) is 7.88. The van der Waals surface area contributed by atoms with Gasteiger partial charge >= 0.3 is 0 Å². The van der Waals surface area contributed by atoms with Crippen molar-refractivity contribution in [3.8, 4) is 11.5 Å². The van der Waals surface area contributed by atoms with Crippen LogP contribution in [0.2, 0.25) is 0 Å². The largest absolute Gasteiger partial charge is 0.486 e. The summed E-state index contributed by atoms with van der Waals surface area (Å²) in [5.41, 5.74) is 1.12. The van der Waals surface area contributed by atoms with E-state index in [2.05, 4.69) is 5.32 Å². The van der Waals surface area contributed by atoms with Crippen LogP contribution in [0.15, 0.2) is 18.2 Å². The van der Waals surface area contributed by atoms with Gasteiger partial charge in [0.15, 0.2) is 11.5 Å². The quantitative estimate of drug-likeness (QED) is 0.791. The molecule has 1 aliphatic heterocycles. The smallest absolute Gasteiger partial charge is 0.165 e. The van der Waals surface area contributed by atoms with Crippen LogP contribution in [0.4, 0.5) is 0 Å². The molecule has 0 saturated heterocycles. The van der Waals surface area contributed by atoms with Crippen LogP contribution in [0, 0.1) is 0 Å². The molecule has 100 valence electrons. The van der Waals surface area contributed by atoms with Crippen LogP contribution in [0.1, 0.15) is 12.0 Å². The number of benzene rings is 1. The first kappa shape index (κ1) is 13.4. The van der Waals surface area contributed by atoms with E-state index in [-0.39, 0.29) is 0 Å². The van der Waals surface area contributed by atoms with E-state index in [0.717, 1.165) is 42.3 Å². The van der Waals surface area contributed by atoms with Gasteiger partial charge in [-0.3, -0.25) is 4.21 Å². The van der Waals surface area contributed by atoms with E-state index in [0.29, 0.717) is 13.2 Å². The highest BCUT2D eigenvalue weighted by Gasteiger charge is 2.14. The molecule has 18 heavy (non-hydrogen) atoms. The molecular weight excluding hydrogens is 250 g/mol. The van der Waals surface area contributed by atoms with E-state index >= 15 is 0 Å². The van der Waals surface area contributed by atoms with E-state index < -0.39 is 10.8 Å². The van der Waals surface area contributed by atoms with Crippen molar-refractivity contribution < 1.29 is 13.7 Å². The molecule has 1 aliphatic rings. The molecule has 0 spiro atoms. The minimum absolute atomic E-state index is 0.610. The van der Waals surface area contributed by atoms with Crippen LogP contribution in [0.5, 0.6) is 11.5 Å². The molecule has 1 aromatic carbocycles. The number of para-hydroxylation sites is 1. The molecule has 0 saturated carbocycles. The lowest BCUT2D eigenvalue weighted by atomic mass is 10.1. The lowest BCUT2D eigenvalue weighted by Crippen LogP contribution is -2.20. The van der Waals surface area contributed by atoms with Gasteiger partial charge in [-0.2, -0.15) is 0 Å². The Morgan fingerprint density at radius 2 is 2.17 bits per heavy atom. The third-order valence-electron chi connectivity index (χ3n) is 2.75. The maximum Gasteiger partial charge on any atom is 0.165 e. The standard InChI is InChI=1S/C13H19NO3S/c1-18(15)9-3-6-14-10-11-4-2-5-12-13(11)17-8-7-16-12/h2,4-5,14H,3,6-10H2,1H3. The lowest BCUT2D eigenvalue weighted by molar-refractivity contribution is 0.169. The molecule has 5 heteroatoms. The molecule has 0 aliphatic carbocycles. The Balaban J connectivity index is 1.84. The van der Waals surface area contributed by atoms with Crippen LogP contribution in [-0.4, -0.2) is 36.0 Å². The molecule has 1 atom stereocenters. The van der Waals surface area contributed by atoms with Crippen molar-refractivity contribution in [1.29, 1.82) is 0 Å². The van der Waals surface area contributed by atoms with Crippen molar-refractivity contribution in [2.75, 3.05) is 31.8 Å². The molecule has 4 nitrogen and oxygen atoms in total. The zero-order chi connectivity index (χ0) is 12.8. The van der Waals surface area contributed by atoms with Gasteiger partial charge in [0.1, 0.15) is 13.2 Å². The minimum Gasteiger partial charge on any atom is -0.486 e. The number of hydrogen-bond donors (Lipinski definition) is 1. The zero-order valence-corrected chi connectivity index (χ0v) is 11.4. The molecule has 1 aromatic rings. The Morgan fingerprint density at radius 1 is 1.33 bits per heavy atom. The number of fused-ring (bicyclic) bond motifs is 1. The number of ether oxygens (including phenoxy) is 2. The molecule has 1 heterocycles. The van der Waals surface area contributed by atoms with Crippen LogP contribution >= 0.6 is 0 Å². The average molecular weight is 269 g/mol. The van der Waals surface area contributed by atoms with Gasteiger partial charge in [-0.15, -0.1) is 0 Å². The summed E-state index contributed by atoms with van der Waals surface area (Å²) < 4.78 is 22.1. The molecular formula is C13H19NO3S. The van der Waals surface area contributed by atoms with Crippen molar-refractivity contribution in [1.82, 2.24) is 5.32 Å². The third kappa shape index (κ3) is 3.71. The maximum atomic E-state index is 10.9. The SMILES string of the molecule is CS(=O)CCCNCc1cccc2c1OCCO2. The van der Waals surface area contributed by atoms with Gasteiger partial charge in [0.05, 0.1) is 0 Å². The molecule has 2 rings (SSSR count). The van der Waals surface area contributed by atoms with Crippen molar-refractivity contribution in [2.24, 2.45) is 0 Å².